The molecule has 23 heavy (non-hydrogen) atoms. The van der Waals surface area contributed by atoms with Crippen LogP contribution < -0.4 is 4.74 Å². The van der Waals surface area contributed by atoms with E-state index in [1.165, 1.54) is 4.68 Å². The van der Waals surface area contributed by atoms with Crippen molar-refractivity contribution < 1.29 is 9.53 Å². The Hall–Kier alpha value is -2.95. The third-order valence-corrected chi connectivity index (χ3v) is 3.46. The van der Waals surface area contributed by atoms with Crippen LogP contribution in [0.2, 0.25) is 0 Å². The highest BCUT2D eigenvalue weighted by atomic mass is 16.5. The summed E-state index contributed by atoms with van der Waals surface area (Å²) in [4.78, 5) is 12.1. The van der Waals surface area contributed by atoms with E-state index in [1.54, 1.807) is 18.3 Å². The van der Waals surface area contributed by atoms with Gasteiger partial charge in [-0.25, -0.2) is 4.68 Å². The number of aromatic nitrogens is 3. The Kier molecular flexibility index (Phi) is 4.47. The molecule has 5 nitrogen and oxygen atoms in total. The molecule has 5 heteroatoms. The molecule has 0 amide bonds. The van der Waals surface area contributed by atoms with E-state index in [0.717, 1.165) is 11.3 Å². The first-order valence-electron chi connectivity index (χ1n) is 7.38. The van der Waals surface area contributed by atoms with Gasteiger partial charge in [0.1, 0.15) is 24.6 Å². The fraction of sp³-hybridized carbons (Fsp3) is 0.167. The molecule has 0 aliphatic rings. The van der Waals surface area contributed by atoms with E-state index in [1.807, 2.05) is 49.4 Å². The fourth-order valence-electron chi connectivity index (χ4n) is 2.21. The summed E-state index contributed by atoms with van der Waals surface area (Å²) < 4.78 is 7.26. The van der Waals surface area contributed by atoms with Crippen LogP contribution in [0.4, 0.5) is 0 Å². The van der Waals surface area contributed by atoms with Crippen molar-refractivity contribution in [3.63, 3.8) is 0 Å². The molecular formula is C18H17N3O2. The minimum absolute atomic E-state index is 0.00173. The second-order valence-corrected chi connectivity index (χ2v) is 5.25. The zero-order chi connectivity index (χ0) is 16.1. The van der Waals surface area contributed by atoms with Crippen molar-refractivity contribution >= 4 is 5.78 Å². The van der Waals surface area contributed by atoms with Crippen LogP contribution in [0.5, 0.6) is 5.75 Å². The van der Waals surface area contributed by atoms with E-state index in [0.29, 0.717) is 17.9 Å². The summed E-state index contributed by atoms with van der Waals surface area (Å²) in [5.41, 5.74) is 2.42. The third-order valence-electron chi connectivity index (χ3n) is 3.46. The molecule has 0 aliphatic heterocycles. The standard InChI is InChI=1S/C18H17N3O2/c1-14-7-5-6-10-18(14)23-13-16-11-21(20-19-16)12-17(22)15-8-3-2-4-9-15/h2-11H,12-13H2,1H3. The molecule has 0 saturated carbocycles. The molecule has 0 atom stereocenters. The number of aryl methyl sites for hydroxylation is 1. The lowest BCUT2D eigenvalue weighted by Gasteiger charge is -2.06. The molecule has 3 rings (SSSR count). The SMILES string of the molecule is Cc1ccccc1OCc1cn(CC(=O)c2ccccc2)nn1. The second kappa shape index (κ2) is 6.87. The number of nitrogens with zero attached hydrogens (tertiary/aromatic N) is 3. The fourth-order valence-corrected chi connectivity index (χ4v) is 2.21. The molecule has 0 spiro atoms. The largest absolute Gasteiger partial charge is 0.487 e. The van der Waals surface area contributed by atoms with Gasteiger partial charge in [-0.1, -0.05) is 53.7 Å². The smallest absolute Gasteiger partial charge is 0.184 e. The molecule has 1 heterocycles. The van der Waals surface area contributed by atoms with Gasteiger partial charge in [-0.05, 0) is 18.6 Å². The second-order valence-electron chi connectivity index (χ2n) is 5.25. The van der Waals surface area contributed by atoms with Crippen LogP contribution in [0.15, 0.2) is 60.8 Å². The van der Waals surface area contributed by atoms with Crippen LogP contribution in [0, 0.1) is 6.92 Å². The highest BCUT2D eigenvalue weighted by Crippen LogP contribution is 2.17. The quantitative estimate of drug-likeness (QED) is 0.657. The van der Waals surface area contributed by atoms with Gasteiger partial charge in [0.25, 0.3) is 0 Å². The number of benzene rings is 2. The molecule has 0 saturated heterocycles. The molecule has 1 aromatic heterocycles. The summed E-state index contributed by atoms with van der Waals surface area (Å²) in [6.07, 6.45) is 1.74. The lowest BCUT2D eigenvalue weighted by molar-refractivity contribution is 0.0967. The number of hydrogen-bond donors (Lipinski definition) is 0. The number of rotatable bonds is 6. The van der Waals surface area contributed by atoms with Crippen molar-refractivity contribution in [2.75, 3.05) is 0 Å². The number of Topliss-reactive ketones (excluding diaryl/α,β-unsaturated/α-hetero) is 1. The summed E-state index contributed by atoms with van der Waals surface area (Å²) in [6.45, 7) is 2.48. The normalized spacial score (nSPS) is 10.5. The highest BCUT2D eigenvalue weighted by Gasteiger charge is 2.09. The van der Waals surface area contributed by atoms with Gasteiger partial charge in [0, 0.05) is 5.56 Å². The molecule has 2 aromatic carbocycles. The Balaban J connectivity index is 1.60. The number of carbonyl (C=O) groups excluding carboxylic acids is 1. The summed E-state index contributed by atoms with van der Waals surface area (Å²) in [5, 5.41) is 8.03. The van der Waals surface area contributed by atoms with Crippen LogP contribution in [-0.2, 0) is 13.2 Å². The molecule has 0 aliphatic carbocycles. The Morgan fingerprint density at radius 2 is 1.83 bits per heavy atom. The first-order valence-corrected chi connectivity index (χ1v) is 7.38. The minimum atomic E-state index is 0.00173. The van der Waals surface area contributed by atoms with Crippen molar-refractivity contribution in [1.29, 1.82) is 0 Å². The zero-order valence-electron chi connectivity index (χ0n) is 12.8. The van der Waals surface area contributed by atoms with E-state index >= 15 is 0 Å². The summed E-state index contributed by atoms with van der Waals surface area (Å²) in [6, 6.07) is 17.0. The van der Waals surface area contributed by atoms with Gasteiger partial charge in [0.15, 0.2) is 5.78 Å². The van der Waals surface area contributed by atoms with E-state index < -0.39 is 0 Å². The average Bonchev–Trinajstić information content (AvgIpc) is 3.02. The maximum absolute atomic E-state index is 12.1. The summed E-state index contributed by atoms with van der Waals surface area (Å²) in [5.74, 6) is 0.823. The number of ether oxygens (including phenoxy) is 1. The third kappa shape index (κ3) is 3.83. The van der Waals surface area contributed by atoms with E-state index in [2.05, 4.69) is 10.3 Å². The number of carbonyl (C=O) groups is 1. The Labute approximate surface area is 134 Å². The van der Waals surface area contributed by atoms with Gasteiger partial charge in [0.2, 0.25) is 0 Å². The average molecular weight is 307 g/mol. The van der Waals surface area contributed by atoms with Gasteiger partial charge in [0.05, 0.1) is 6.20 Å². The molecule has 0 radical (unpaired) electrons. The van der Waals surface area contributed by atoms with Gasteiger partial charge < -0.3 is 4.74 Å². The van der Waals surface area contributed by atoms with Gasteiger partial charge in [-0.3, -0.25) is 4.79 Å². The Bertz CT molecular complexity index is 797. The van der Waals surface area contributed by atoms with Gasteiger partial charge >= 0.3 is 0 Å². The van der Waals surface area contributed by atoms with Crippen LogP contribution >= 0.6 is 0 Å². The predicted molar refractivity (Wildman–Crippen MR) is 86.3 cm³/mol. The highest BCUT2D eigenvalue weighted by molar-refractivity contribution is 5.95. The lowest BCUT2D eigenvalue weighted by Crippen LogP contribution is -2.10. The monoisotopic (exact) mass is 307 g/mol. The van der Waals surface area contributed by atoms with Crippen LogP contribution in [0.25, 0.3) is 0 Å². The van der Waals surface area contributed by atoms with E-state index in [4.69, 9.17) is 4.74 Å². The Morgan fingerprint density at radius 3 is 2.61 bits per heavy atom. The molecule has 116 valence electrons. The number of para-hydroxylation sites is 1. The van der Waals surface area contributed by atoms with Gasteiger partial charge in [-0.2, -0.15) is 0 Å². The van der Waals surface area contributed by atoms with Crippen LogP contribution in [0.3, 0.4) is 0 Å². The van der Waals surface area contributed by atoms with Crippen molar-refractivity contribution in [2.45, 2.75) is 20.1 Å². The van der Waals surface area contributed by atoms with E-state index in [9.17, 15) is 4.79 Å². The van der Waals surface area contributed by atoms with Crippen molar-refractivity contribution in [2.24, 2.45) is 0 Å². The lowest BCUT2D eigenvalue weighted by atomic mass is 10.1. The molecule has 0 N–H and O–H groups in total. The van der Waals surface area contributed by atoms with Crippen LogP contribution in [0.1, 0.15) is 21.6 Å². The first kappa shape index (κ1) is 15.0. The first-order chi connectivity index (χ1) is 11.2. The zero-order valence-corrected chi connectivity index (χ0v) is 12.8. The molecule has 0 bridgehead atoms. The maximum Gasteiger partial charge on any atom is 0.184 e. The summed E-state index contributed by atoms with van der Waals surface area (Å²) in [7, 11) is 0. The number of ketones is 1. The van der Waals surface area contributed by atoms with Crippen molar-refractivity contribution in [3.8, 4) is 5.75 Å². The molecule has 0 fully saturated rings. The summed E-state index contributed by atoms with van der Waals surface area (Å²) >= 11 is 0. The van der Waals surface area contributed by atoms with Crippen LogP contribution in [-0.4, -0.2) is 20.8 Å². The molecular weight excluding hydrogens is 290 g/mol. The van der Waals surface area contributed by atoms with E-state index in [-0.39, 0.29) is 12.3 Å². The van der Waals surface area contributed by atoms with Crippen molar-refractivity contribution in [1.82, 2.24) is 15.0 Å². The predicted octanol–water partition coefficient (Wildman–Crippen LogP) is 3.05. The molecule has 0 unspecified atom stereocenters. The number of hydrogen-bond acceptors (Lipinski definition) is 4. The maximum atomic E-state index is 12.1. The topological polar surface area (TPSA) is 57.0 Å². The minimum Gasteiger partial charge on any atom is -0.487 e. The Morgan fingerprint density at radius 1 is 1.09 bits per heavy atom. The van der Waals surface area contributed by atoms with Gasteiger partial charge in [-0.15, -0.1) is 5.10 Å². The van der Waals surface area contributed by atoms with Crippen molar-refractivity contribution in [3.05, 3.63) is 77.6 Å². The molecule has 3 aromatic rings.